The summed E-state index contributed by atoms with van der Waals surface area (Å²) in [5, 5.41) is 21.7. The summed E-state index contributed by atoms with van der Waals surface area (Å²) in [7, 11) is 0. The van der Waals surface area contributed by atoms with Crippen LogP contribution in [0.15, 0.2) is 0 Å². The molecule has 5 fully saturated rings. The minimum atomic E-state index is -0.504. The number of rotatable bonds is 2. The van der Waals surface area contributed by atoms with Crippen LogP contribution < -0.4 is 0 Å². The van der Waals surface area contributed by atoms with Crippen LogP contribution in [0.5, 0.6) is 0 Å². The molecule has 5 saturated carbocycles. The summed E-state index contributed by atoms with van der Waals surface area (Å²) >= 11 is 3.91. The third-order valence-corrected chi connectivity index (χ3v) is 14.5. The topological polar surface area (TPSA) is 57.5 Å². The van der Waals surface area contributed by atoms with Crippen LogP contribution in [-0.4, -0.2) is 27.1 Å². The zero-order chi connectivity index (χ0) is 25.1. The van der Waals surface area contributed by atoms with Gasteiger partial charge in [-0.25, -0.2) is 0 Å². The Morgan fingerprint density at radius 3 is 2.18 bits per heavy atom. The van der Waals surface area contributed by atoms with Gasteiger partial charge in [-0.2, -0.15) is 0 Å². The fourth-order valence-corrected chi connectivity index (χ4v) is 13.2. The molecule has 34 heavy (non-hydrogen) atoms. The zero-order valence-electron chi connectivity index (χ0n) is 22.7. The SMILES string of the molecule is CC(C)C1CCC2(C(=O)O)CC[C@]3(C)[C@H](CCC4[C@@]5(C)CC(Br)[C@H](O)C(C)(C)[C@@H]5CC[C@]43C)C12. The molecule has 5 aliphatic carbocycles. The highest BCUT2D eigenvalue weighted by molar-refractivity contribution is 9.09. The number of carboxylic acids is 1. The molecule has 0 aromatic carbocycles. The van der Waals surface area contributed by atoms with E-state index in [2.05, 4.69) is 64.4 Å². The molecule has 0 bridgehead atoms. The smallest absolute Gasteiger partial charge is 0.309 e. The monoisotopic (exact) mass is 536 g/mol. The normalized spacial score (nSPS) is 56.2. The molecule has 0 heterocycles. The molecule has 0 spiro atoms. The predicted octanol–water partition coefficient (Wildman–Crippen LogP) is 7.54. The van der Waals surface area contributed by atoms with Crippen LogP contribution in [0.3, 0.4) is 0 Å². The second kappa shape index (κ2) is 7.71. The molecule has 0 aliphatic heterocycles. The maximum absolute atomic E-state index is 12.8. The minimum Gasteiger partial charge on any atom is -0.481 e. The average Bonchev–Trinajstić information content (AvgIpc) is 3.14. The molecular weight excluding hydrogens is 488 g/mol. The van der Waals surface area contributed by atoms with Crippen LogP contribution in [0.4, 0.5) is 0 Å². The molecular formula is C30H49BrO3. The molecule has 0 saturated heterocycles. The molecule has 4 heteroatoms. The first-order chi connectivity index (χ1) is 15.7. The number of hydrogen-bond donors (Lipinski definition) is 2. The van der Waals surface area contributed by atoms with Gasteiger partial charge >= 0.3 is 5.97 Å². The Bertz CT molecular complexity index is 854. The van der Waals surface area contributed by atoms with Gasteiger partial charge in [0.2, 0.25) is 0 Å². The van der Waals surface area contributed by atoms with Crippen LogP contribution in [0.1, 0.15) is 106 Å². The highest BCUT2D eigenvalue weighted by atomic mass is 79.9. The summed E-state index contributed by atoms with van der Waals surface area (Å²) < 4.78 is 0. The van der Waals surface area contributed by atoms with Crippen molar-refractivity contribution in [1.82, 2.24) is 0 Å². The van der Waals surface area contributed by atoms with E-state index in [1.54, 1.807) is 0 Å². The van der Waals surface area contributed by atoms with Gasteiger partial charge in [0.15, 0.2) is 0 Å². The Labute approximate surface area is 216 Å². The van der Waals surface area contributed by atoms with Gasteiger partial charge in [-0.3, -0.25) is 4.79 Å². The van der Waals surface area contributed by atoms with E-state index in [4.69, 9.17) is 0 Å². The summed E-state index contributed by atoms with van der Waals surface area (Å²) in [5.74, 6) is 2.64. The van der Waals surface area contributed by atoms with Gasteiger partial charge in [-0.05, 0) is 115 Å². The van der Waals surface area contributed by atoms with E-state index in [9.17, 15) is 15.0 Å². The van der Waals surface area contributed by atoms with Crippen molar-refractivity contribution in [1.29, 1.82) is 0 Å². The highest BCUT2D eigenvalue weighted by Gasteiger charge is 2.72. The minimum absolute atomic E-state index is 0.0839. The van der Waals surface area contributed by atoms with Crippen molar-refractivity contribution in [3.63, 3.8) is 0 Å². The molecule has 0 radical (unpaired) electrons. The first-order valence-corrected chi connectivity index (χ1v) is 15.1. The summed E-state index contributed by atoms with van der Waals surface area (Å²) in [6, 6.07) is 0. The van der Waals surface area contributed by atoms with Crippen LogP contribution in [-0.2, 0) is 4.79 Å². The lowest BCUT2D eigenvalue weighted by atomic mass is 9.32. The Morgan fingerprint density at radius 1 is 0.882 bits per heavy atom. The lowest BCUT2D eigenvalue weighted by Crippen LogP contribution is -2.68. The van der Waals surface area contributed by atoms with Gasteiger partial charge in [-0.1, -0.05) is 64.4 Å². The first-order valence-electron chi connectivity index (χ1n) is 14.2. The summed E-state index contributed by atoms with van der Waals surface area (Å²) in [5.41, 5.74) is 0.0845. The van der Waals surface area contributed by atoms with E-state index in [0.717, 1.165) is 32.1 Å². The second-order valence-corrected chi connectivity index (χ2v) is 16.3. The van der Waals surface area contributed by atoms with Gasteiger partial charge < -0.3 is 10.2 Å². The predicted molar refractivity (Wildman–Crippen MR) is 141 cm³/mol. The summed E-state index contributed by atoms with van der Waals surface area (Å²) in [6.07, 6.45) is 9.53. The third kappa shape index (κ3) is 2.94. The number of aliphatic hydroxyl groups excluding tert-OH is 1. The third-order valence-electron chi connectivity index (χ3n) is 13.7. The van der Waals surface area contributed by atoms with E-state index >= 15 is 0 Å². The van der Waals surface area contributed by atoms with Crippen molar-refractivity contribution in [3.8, 4) is 0 Å². The van der Waals surface area contributed by atoms with E-state index < -0.39 is 11.4 Å². The van der Waals surface area contributed by atoms with E-state index in [1.807, 2.05) is 0 Å². The number of halogens is 1. The van der Waals surface area contributed by atoms with Gasteiger partial charge in [0.25, 0.3) is 0 Å². The Balaban J connectivity index is 1.57. The molecule has 0 amide bonds. The van der Waals surface area contributed by atoms with Crippen molar-refractivity contribution in [3.05, 3.63) is 0 Å². The Morgan fingerprint density at radius 2 is 1.56 bits per heavy atom. The lowest BCUT2D eigenvalue weighted by Gasteiger charge is -2.73. The van der Waals surface area contributed by atoms with Crippen molar-refractivity contribution >= 4 is 21.9 Å². The number of aliphatic hydroxyl groups is 1. The largest absolute Gasteiger partial charge is 0.481 e. The van der Waals surface area contributed by atoms with Gasteiger partial charge in [0, 0.05) is 4.83 Å². The first kappa shape index (κ1) is 25.6. The van der Waals surface area contributed by atoms with Crippen molar-refractivity contribution in [2.24, 2.45) is 62.6 Å². The molecule has 5 aliphatic rings. The fraction of sp³-hybridized carbons (Fsp3) is 0.967. The van der Waals surface area contributed by atoms with Crippen molar-refractivity contribution in [2.75, 3.05) is 0 Å². The maximum atomic E-state index is 12.8. The molecule has 0 aromatic rings. The highest BCUT2D eigenvalue weighted by Crippen LogP contribution is 2.77. The Kier molecular flexibility index (Phi) is 5.80. The van der Waals surface area contributed by atoms with E-state index in [-0.39, 0.29) is 32.6 Å². The van der Waals surface area contributed by atoms with Crippen molar-refractivity contribution in [2.45, 2.75) is 117 Å². The molecule has 0 aromatic heterocycles. The number of hydrogen-bond acceptors (Lipinski definition) is 2. The molecule has 2 N–H and O–H groups in total. The van der Waals surface area contributed by atoms with E-state index in [1.165, 1.54) is 25.7 Å². The van der Waals surface area contributed by atoms with Gasteiger partial charge in [0.05, 0.1) is 11.5 Å². The second-order valence-electron chi connectivity index (χ2n) is 15.1. The Hall–Kier alpha value is -0.0900. The average molecular weight is 538 g/mol. The van der Waals surface area contributed by atoms with Crippen LogP contribution in [0.2, 0.25) is 0 Å². The number of carboxylic acid groups (broad SMARTS) is 1. The lowest BCUT2D eigenvalue weighted by molar-refractivity contribution is -0.248. The molecule has 3 nitrogen and oxygen atoms in total. The molecule has 194 valence electrons. The quantitative estimate of drug-likeness (QED) is 0.358. The van der Waals surface area contributed by atoms with E-state index in [0.29, 0.717) is 35.5 Å². The number of aliphatic carboxylic acids is 1. The fourth-order valence-electron chi connectivity index (χ4n) is 11.8. The number of fused-ring (bicyclic) bond motifs is 7. The standard InChI is InChI=1S/C30H49BrO3/c1-17(2)18-10-13-30(25(33)34)15-14-28(6)19(23(18)30)8-9-22-27(5)16-20(31)24(32)26(3,4)21(27)11-12-29(22,28)7/h17-24,32H,8-16H2,1-7H3,(H,33,34)/t18?,19-,20?,21+,22?,23?,24+,27+,28-,29-,30?/m1/s1. The van der Waals surface area contributed by atoms with Gasteiger partial charge in [0.1, 0.15) is 0 Å². The van der Waals surface area contributed by atoms with Crippen LogP contribution in [0.25, 0.3) is 0 Å². The van der Waals surface area contributed by atoms with Crippen LogP contribution >= 0.6 is 15.9 Å². The summed E-state index contributed by atoms with van der Waals surface area (Å²) in [4.78, 5) is 13.0. The molecule has 11 atom stereocenters. The zero-order valence-corrected chi connectivity index (χ0v) is 24.2. The van der Waals surface area contributed by atoms with Crippen molar-refractivity contribution < 1.29 is 15.0 Å². The van der Waals surface area contributed by atoms with Crippen LogP contribution in [0, 0.1) is 62.6 Å². The summed E-state index contributed by atoms with van der Waals surface area (Å²) in [6.45, 7) is 17.0. The number of alkyl halides is 1. The van der Waals surface area contributed by atoms with Gasteiger partial charge in [-0.15, -0.1) is 0 Å². The maximum Gasteiger partial charge on any atom is 0.309 e. The molecule has 5 unspecified atom stereocenters. The number of carbonyl (C=O) groups is 1. The molecule has 5 rings (SSSR count).